The highest BCUT2D eigenvalue weighted by Gasteiger charge is 2.31. The molecular weight excluding hydrogens is 431 g/mol. The highest BCUT2D eigenvalue weighted by Crippen LogP contribution is 2.49. The number of thioether (sulfide) groups is 1. The number of ether oxygens (including phenoxy) is 2. The quantitative estimate of drug-likeness (QED) is 0.321. The highest BCUT2D eigenvalue weighted by atomic mass is 32.2. The summed E-state index contributed by atoms with van der Waals surface area (Å²) in [5, 5.41) is 0. The number of hydrogen-bond donors (Lipinski definition) is 0. The summed E-state index contributed by atoms with van der Waals surface area (Å²) in [5.41, 5.74) is 0.426. The number of thiophene rings is 2. The molecule has 0 fully saturated rings. The fraction of sp³-hybridized carbons (Fsp3) is 0.333. The second-order valence-electron chi connectivity index (χ2n) is 7.16. The number of carbonyl (C=O) groups is 2. The van der Waals surface area contributed by atoms with Gasteiger partial charge in [0.15, 0.2) is 0 Å². The first-order valence-electron chi connectivity index (χ1n) is 8.96. The van der Waals surface area contributed by atoms with E-state index in [2.05, 4.69) is 0 Å². The van der Waals surface area contributed by atoms with E-state index in [9.17, 15) is 14.0 Å². The van der Waals surface area contributed by atoms with Crippen molar-refractivity contribution in [2.75, 3.05) is 12.9 Å². The molecule has 0 atom stereocenters. The topological polar surface area (TPSA) is 52.6 Å². The zero-order valence-corrected chi connectivity index (χ0v) is 19.2. The summed E-state index contributed by atoms with van der Waals surface area (Å²) in [6, 6.07) is 6.24. The van der Waals surface area contributed by atoms with Crippen LogP contribution < -0.4 is 0 Å². The van der Waals surface area contributed by atoms with E-state index < -0.39 is 17.5 Å². The molecule has 3 aromatic rings. The van der Waals surface area contributed by atoms with Gasteiger partial charge in [-0.15, -0.1) is 34.4 Å². The number of halogens is 1. The van der Waals surface area contributed by atoms with Crippen molar-refractivity contribution in [1.29, 1.82) is 0 Å². The molecule has 0 saturated carbocycles. The van der Waals surface area contributed by atoms with Gasteiger partial charge in [-0.2, -0.15) is 0 Å². The normalized spacial score (nSPS) is 11.7. The van der Waals surface area contributed by atoms with Gasteiger partial charge in [0.2, 0.25) is 0 Å². The third kappa shape index (κ3) is 4.49. The predicted molar refractivity (Wildman–Crippen MR) is 118 cm³/mol. The summed E-state index contributed by atoms with van der Waals surface area (Å²) in [4.78, 5) is 27.6. The van der Waals surface area contributed by atoms with Gasteiger partial charge in [0.25, 0.3) is 0 Å². The lowest BCUT2D eigenvalue weighted by atomic mass is 10.2. The minimum atomic E-state index is -0.679. The summed E-state index contributed by atoms with van der Waals surface area (Å²) in [6.45, 7) is 7.27. The maximum absolute atomic E-state index is 13.3. The molecule has 4 nitrogen and oxygen atoms in total. The zero-order chi connectivity index (χ0) is 21.3. The van der Waals surface area contributed by atoms with Crippen LogP contribution in [0.3, 0.4) is 0 Å². The Balaban J connectivity index is 2.22. The monoisotopic (exact) mass is 452 g/mol. The molecule has 0 saturated heterocycles. The van der Waals surface area contributed by atoms with E-state index in [1.807, 2.05) is 6.26 Å². The Bertz CT molecular complexity index is 1060. The smallest absolute Gasteiger partial charge is 0.349 e. The molecule has 2 aromatic heterocycles. The fourth-order valence-electron chi connectivity index (χ4n) is 2.75. The van der Waals surface area contributed by atoms with Gasteiger partial charge in [-0.3, -0.25) is 0 Å². The summed E-state index contributed by atoms with van der Waals surface area (Å²) in [6.07, 6.45) is 1.94. The Hall–Kier alpha value is -1.90. The Morgan fingerprint density at radius 1 is 1.07 bits per heavy atom. The lowest BCUT2D eigenvalue weighted by Gasteiger charge is -2.19. The van der Waals surface area contributed by atoms with E-state index in [1.165, 1.54) is 46.6 Å². The second-order valence-corrected chi connectivity index (χ2v) is 10.0. The summed E-state index contributed by atoms with van der Waals surface area (Å²) >= 11 is 4.17. The van der Waals surface area contributed by atoms with E-state index in [0.29, 0.717) is 4.70 Å². The molecule has 0 aliphatic heterocycles. The van der Waals surface area contributed by atoms with Crippen molar-refractivity contribution in [3.8, 4) is 10.4 Å². The van der Waals surface area contributed by atoms with Gasteiger partial charge >= 0.3 is 11.9 Å². The molecule has 154 valence electrons. The van der Waals surface area contributed by atoms with Gasteiger partial charge in [0.1, 0.15) is 21.9 Å². The van der Waals surface area contributed by atoms with Gasteiger partial charge in [-0.1, -0.05) is 12.1 Å². The molecule has 2 heterocycles. The van der Waals surface area contributed by atoms with Crippen LogP contribution in [-0.4, -0.2) is 30.4 Å². The van der Waals surface area contributed by atoms with Crippen LogP contribution >= 0.6 is 34.4 Å². The number of benzene rings is 1. The van der Waals surface area contributed by atoms with Crippen molar-refractivity contribution in [2.45, 2.75) is 38.2 Å². The Morgan fingerprint density at radius 2 is 1.72 bits per heavy atom. The molecule has 0 bridgehead atoms. The van der Waals surface area contributed by atoms with Crippen LogP contribution in [0.1, 0.15) is 47.7 Å². The average Bonchev–Trinajstić information content (AvgIpc) is 3.16. The molecule has 29 heavy (non-hydrogen) atoms. The van der Waals surface area contributed by atoms with Gasteiger partial charge in [0.05, 0.1) is 16.0 Å². The van der Waals surface area contributed by atoms with Crippen LogP contribution in [0, 0.1) is 5.82 Å². The maximum atomic E-state index is 13.3. The van der Waals surface area contributed by atoms with Crippen molar-refractivity contribution in [3.63, 3.8) is 0 Å². The first kappa shape index (κ1) is 21.8. The zero-order valence-electron chi connectivity index (χ0n) is 16.8. The van der Waals surface area contributed by atoms with E-state index in [4.69, 9.17) is 9.47 Å². The Kier molecular flexibility index (Phi) is 6.36. The van der Waals surface area contributed by atoms with Crippen LogP contribution in [-0.2, 0) is 9.47 Å². The highest BCUT2D eigenvalue weighted by molar-refractivity contribution is 7.99. The molecule has 8 heteroatoms. The standard InChI is InChI=1S/C21H21FO4S3/c1-6-25-19(23)13-15-18(29-16(13)20(24)26-21(2,3)4)17(27-5)14(28-15)11-7-9-12(22)10-8-11/h7-10H,6H2,1-5H3. The van der Waals surface area contributed by atoms with Crippen LogP contribution in [0.2, 0.25) is 0 Å². The van der Waals surface area contributed by atoms with E-state index >= 15 is 0 Å². The molecule has 0 radical (unpaired) electrons. The number of carbonyl (C=O) groups excluding carboxylic acids is 2. The van der Waals surface area contributed by atoms with Crippen molar-refractivity contribution in [2.24, 2.45) is 0 Å². The first-order chi connectivity index (χ1) is 13.7. The maximum Gasteiger partial charge on any atom is 0.349 e. The van der Waals surface area contributed by atoms with Gasteiger partial charge in [-0.05, 0) is 51.6 Å². The first-order valence-corrected chi connectivity index (χ1v) is 11.8. The minimum absolute atomic E-state index is 0.204. The lowest BCUT2D eigenvalue weighted by molar-refractivity contribution is 0.00706. The van der Waals surface area contributed by atoms with Crippen molar-refractivity contribution in [3.05, 3.63) is 40.5 Å². The third-order valence-corrected chi connectivity index (χ3v) is 7.50. The number of esters is 2. The average molecular weight is 453 g/mol. The van der Waals surface area contributed by atoms with Crippen molar-refractivity contribution < 1.29 is 23.5 Å². The number of hydrogen-bond acceptors (Lipinski definition) is 7. The molecule has 0 N–H and O–H groups in total. The van der Waals surface area contributed by atoms with E-state index in [-0.39, 0.29) is 22.9 Å². The molecule has 3 rings (SSSR count). The molecular formula is C21H21FO4S3. The summed E-state index contributed by atoms with van der Waals surface area (Å²) in [7, 11) is 0. The molecule has 0 aliphatic carbocycles. The Morgan fingerprint density at radius 3 is 2.28 bits per heavy atom. The Labute approximate surface area is 181 Å². The molecule has 0 spiro atoms. The van der Waals surface area contributed by atoms with Crippen LogP contribution in [0.5, 0.6) is 0 Å². The number of fused-ring (bicyclic) bond motifs is 1. The van der Waals surface area contributed by atoms with E-state index in [1.54, 1.807) is 39.8 Å². The van der Waals surface area contributed by atoms with Gasteiger partial charge < -0.3 is 9.47 Å². The minimum Gasteiger partial charge on any atom is -0.462 e. The molecule has 1 aromatic carbocycles. The summed E-state index contributed by atoms with van der Waals surface area (Å²) in [5.74, 6) is -1.39. The molecule has 0 aliphatic rings. The second kappa shape index (κ2) is 8.45. The van der Waals surface area contributed by atoms with Crippen LogP contribution in [0.15, 0.2) is 29.2 Å². The van der Waals surface area contributed by atoms with Crippen molar-refractivity contribution in [1.82, 2.24) is 0 Å². The van der Waals surface area contributed by atoms with Gasteiger partial charge in [-0.25, -0.2) is 14.0 Å². The third-order valence-electron chi connectivity index (χ3n) is 3.86. The molecule has 0 amide bonds. The largest absolute Gasteiger partial charge is 0.462 e. The van der Waals surface area contributed by atoms with E-state index in [0.717, 1.165) is 20.0 Å². The van der Waals surface area contributed by atoms with Gasteiger partial charge in [0, 0.05) is 9.77 Å². The van der Waals surface area contributed by atoms with Crippen LogP contribution in [0.4, 0.5) is 4.39 Å². The fourth-order valence-corrected chi connectivity index (χ4v) is 6.67. The SMILES string of the molecule is CCOC(=O)c1c(C(=O)OC(C)(C)C)sc2c(SC)c(-c3ccc(F)cc3)sc12. The molecule has 0 unspecified atom stereocenters. The number of rotatable bonds is 5. The summed E-state index contributed by atoms with van der Waals surface area (Å²) < 4.78 is 25.6. The van der Waals surface area contributed by atoms with Crippen molar-refractivity contribution >= 4 is 55.8 Å². The lowest BCUT2D eigenvalue weighted by Crippen LogP contribution is -2.24. The van der Waals surface area contributed by atoms with Crippen LogP contribution in [0.25, 0.3) is 19.8 Å². The predicted octanol–water partition coefficient (Wildman–Crippen LogP) is 6.62.